The molecular formula is C15H24N2O. The largest absolute Gasteiger partial charge is 0.481 e. The highest BCUT2D eigenvalue weighted by Gasteiger charge is 2.31. The minimum atomic E-state index is 0.0545. The van der Waals surface area contributed by atoms with Crippen molar-refractivity contribution in [2.24, 2.45) is 17.6 Å². The van der Waals surface area contributed by atoms with Crippen LogP contribution in [-0.2, 0) is 0 Å². The smallest absolute Gasteiger partial charge is 0.217 e. The lowest BCUT2D eigenvalue weighted by Crippen LogP contribution is -2.30. The van der Waals surface area contributed by atoms with Crippen molar-refractivity contribution < 1.29 is 4.74 Å². The Morgan fingerprint density at radius 2 is 2.22 bits per heavy atom. The van der Waals surface area contributed by atoms with Crippen LogP contribution in [-0.4, -0.2) is 12.1 Å². The molecule has 100 valence electrons. The number of hydrogen-bond donors (Lipinski definition) is 1. The fraction of sp³-hybridized carbons (Fsp3) is 0.667. The van der Waals surface area contributed by atoms with Crippen molar-refractivity contribution in [3.63, 3.8) is 0 Å². The maximum Gasteiger partial charge on any atom is 0.217 e. The molecule has 1 saturated carbocycles. The second-order valence-electron chi connectivity index (χ2n) is 5.24. The van der Waals surface area contributed by atoms with Gasteiger partial charge in [-0.3, -0.25) is 0 Å². The van der Waals surface area contributed by atoms with Crippen LogP contribution in [0.5, 0.6) is 5.88 Å². The molecule has 3 atom stereocenters. The van der Waals surface area contributed by atoms with Crippen LogP contribution in [0.3, 0.4) is 0 Å². The van der Waals surface area contributed by atoms with Crippen LogP contribution < -0.4 is 10.5 Å². The minimum absolute atomic E-state index is 0.0545. The Morgan fingerprint density at radius 3 is 2.94 bits per heavy atom. The quantitative estimate of drug-likeness (QED) is 0.889. The average molecular weight is 248 g/mol. The Hall–Kier alpha value is -1.09. The summed E-state index contributed by atoms with van der Waals surface area (Å²) >= 11 is 0. The Bertz CT molecular complexity index is 381. The number of nitrogens with two attached hydrogens (primary N) is 1. The molecule has 2 N–H and O–H groups in total. The summed E-state index contributed by atoms with van der Waals surface area (Å²) < 4.78 is 5.34. The molecule has 3 nitrogen and oxygen atoms in total. The first-order valence-electron chi connectivity index (χ1n) is 7.02. The SMILES string of the molecule is CCC1CCCCC1C(N)c1cccnc1OC. The molecule has 3 heteroatoms. The lowest BCUT2D eigenvalue weighted by Gasteiger charge is -2.35. The Labute approximate surface area is 110 Å². The Kier molecular flexibility index (Phi) is 4.59. The molecule has 0 spiro atoms. The van der Waals surface area contributed by atoms with E-state index in [2.05, 4.69) is 18.0 Å². The van der Waals surface area contributed by atoms with E-state index in [1.54, 1.807) is 13.3 Å². The van der Waals surface area contributed by atoms with Crippen molar-refractivity contribution >= 4 is 0 Å². The average Bonchev–Trinajstić information content (AvgIpc) is 2.46. The van der Waals surface area contributed by atoms with E-state index in [1.807, 2.05) is 6.07 Å². The highest BCUT2D eigenvalue weighted by molar-refractivity contribution is 5.29. The van der Waals surface area contributed by atoms with Gasteiger partial charge in [-0.05, 0) is 24.3 Å². The van der Waals surface area contributed by atoms with E-state index in [4.69, 9.17) is 10.5 Å². The van der Waals surface area contributed by atoms with Gasteiger partial charge >= 0.3 is 0 Å². The molecule has 1 aliphatic carbocycles. The van der Waals surface area contributed by atoms with Gasteiger partial charge in [0, 0.05) is 17.8 Å². The summed E-state index contributed by atoms with van der Waals surface area (Å²) in [6.45, 7) is 2.27. The fourth-order valence-electron chi connectivity index (χ4n) is 3.27. The molecule has 0 radical (unpaired) electrons. The van der Waals surface area contributed by atoms with E-state index in [-0.39, 0.29) is 6.04 Å². The summed E-state index contributed by atoms with van der Waals surface area (Å²) in [6.07, 6.45) is 8.19. The summed E-state index contributed by atoms with van der Waals surface area (Å²) in [7, 11) is 1.66. The lowest BCUT2D eigenvalue weighted by molar-refractivity contribution is 0.194. The normalized spacial score (nSPS) is 25.7. The summed E-state index contributed by atoms with van der Waals surface area (Å²) in [5, 5.41) is 0. The van der Waals surface area contributed by atoms with Crippen LogP contribution in [0.25, 0.3) is 0 Å². The zero-order valence-corrected chi connectivity index (χ0v) is 11.4. The minimum Gasteiger partial charge on any atom is -0.481 e. The van der Waals surface area contributed by atoms with Crippen LogP contribution in [0.2, 0.25) is 0 Å². The monoisotopic (exact) mass is 248 g/mol. The predicted octanol–water partition coefficient (Wildman–Crippen LogP) is 3.31. The molecule has 1 fully saturated rings. The van der Waals surface area contributed by atoms with Gasteiger partial charge in [-0.25, -0.2) is 4.98 Å². The third kappa shape index (κ3) is 2.66. The molecule has 3 unspecified atom stereocenters. The zero-order chi connectivity index (χ0) is 13.0. The lowest BCUT2D eigenvalue weighted by atomic mass is 9.73. The number of pyridine rings is 1. The second kappa shape index (κ2) is 6.19. The number of hydrogen-bond acceptors (Lipinski definition) is 3. The molecule has 0 bridgehead atoms. The van der Waals surface area contributed by atoms with Gasteiger partial charge in [-0.1, -0.05) is 38.7 Å². The summed E-state index contributed by atoms with van der Waals surface area (Å²) in [5.41, 5.74) is 7.55. The van der Waals surface area contributed by atoms with E-state index in [1.165, 1.54) is 32.1 Å². The van der Waals surface area contributed by atoms with Crippen LogP contribution in [0.4, 0.5) is 0 Å². The molecule has 1 heterocycles. The molecule has 1 aliphatic rings. The standard InChI is InChI=1S/C15H24N2O/c1-3-11-7-4-5-8-12(11)14(16)13-9-6-10-17-15(13)18-2/h6,9-12,14H,3-5,7-8,16H2,1-2H3. The van der Waals surface area contributed by atoms with Crippen molar-refractivity contribution in [1.29, 1.82) is 0 Å². The zero-order valence-electron chi connectivity index (χ0n) is 11.4. The molecule has 2 rings (SSSR count). The van der Waals surface area contributed by atoms with Gasteiger partial charge in [0.2, 0.25) is 5.88 Å². The van der Waals surface area contributed by atoms with Crippen molar-refractivity contribution in [1.82, 2.24) is 4.98 Å². The first-order valence-corrected chi connectivity index (χ1v) is 7.02. The van der Waals surface area contributed by atoms with E-state index >= 15 is 0 Å². The van der Waals surface area contributed by atoms with E-state index in [0.717, 1.165) is 11.5 Å². The number of aromatic nitrogens is 1. The Balaban J connectivity index is 2.20. The Morgan fingerprint density at radius 1 is 1.44 bits per heavy atom. The van der Waals surface area contributed by atoms with Crippen LogP contribution in [0.1, 0.15) is 50.6 Å². The summed E-state index contributed by atoms with van der Waals surface area (Å²) in [6, 6.07) is 4.05. The topological polar surface area (TPSA) is 48.1 Å². The van der Waals surface area contributed by atoms with Gasteiger partial charge in [0.15, 0.2) is 0 Å². The van der Waals surface area contributed by atoms with Gasteiger partial charge in [-0.2, -0.15) is 0 Å². The van der Waals surface area contributed by atoms with Crippen molar-refractivity contribution in [2.75, 3.05) is 7.11 Å². The molecule has 1 aromatic heterocycles. The van der Waals surface area contributed by atoms with Crippen molar-refractivity contribution in [3.8, 4) is 5.88 Å². The van der Waals surface area contributed by atoms with Gasteiger partial charge in [0.05, 0.1) is 7.11 Å². The van der Waals surface area contributed by atoms with Crippen LogP contribution >= 0.6 is 0 Å². The number of rotatable bonds is 4. The number of methoxy groups -OCH3 is 1. The maximum atomic E-state index is 6.49. The third-order valence-corrected chi connectivity index (χ3v) is 4.31. The van der Waals surface area contributed by atoms with E-state index in [9.17, 15) is 0 Å². The van der Waals surface area contributed by atoms with E-state index in [0.29, 0.717) is 11.8 Å². The fourth-order valence-corrected chi connectivity index (χ4v) is 3.27. The molecule has 0 saturated heterocycles. The molecule has 0 aliphatic heterocycles. The molecule has 1 aromatic rings. The van der Waals surface area contributed by atoms with Crippen molar-refractivity contribution in [3.05, 3.63) is 23.9 Å². The molecular weight excluding hydrogens is 224 g/mol. The van der Waals surface area contributed by atoms with Crippen molar-refractivity contribution in [2.45, 2.75) is 45.1 Å². The van der Waals surface area contributed by atoms with Gasteiger partial charge in [0.1, 0.15) is 0 Å². The number of ether oxygens (including phenoxy) is 1. The highest BCUT2D eigenvalue weighted by Crippen LogP contribution is 2.40. The summed E-state index contributed by atoms with van der Waals surface area (Å²) in [4.78, 5) is 4.26. The number of nitrogens with zero attached hydrogens (tertiary/aromatic N) is 1. The summed E-state index contributed by atoms with van der Waals surface area (Å²) in [5.74, 6) is 2.01. The molecule has 0 amide bonds. The van der Waals surface area contributed by atoms with Crippen LogP contribution in [0, 0.1) is 11.8 Å². The first-order chi connectivity index (χ1) is 8.77. The van der Waals surface area contributed by atoms with Gasteiger partial charge in [-0.15, -0.1) is 0 Å². The van der Waals surface area contributed by atoms with Gasteiger partial charge in [0.25, 0.3) is 0 Å². The maximum absolute atomic E-state index is 6.49. The second-order valence-corrected chi connectivity index (χ2v) is 5.24. The first kappa shape index (κ1) is 13.3. The molecule has 0 aromatic carbocycles. The van der Waals surface area contributed by atoms with Crippen LogP contribution in [0.15, 0.2) is 18.3 Å². The third-order valence-electron chi connectivity index (χ3n) is 4.31. The van der Waals surface area contributed by atoms with Gasteiger partial charge < -0.3 is 10.5 Å². The molecule has 18 heavy (non-hydrogen) atoms. The highest BCUT2D eigenvalue weighted by atomic mass is 16.5. The predicted molar refractivity (Wildman–Crippen MR) is 73.5 cm³/mol. The van der Waals surface area contributed by atoms with E-state index < -0.39 is 0 Å².